The van der Waals surface area contributed by atoms with E-state index in [2.05, 4.69) is 10.2 Å². The molecular weight excluding hydrogens is 203 g/mol. The van der Waals surface area contributed by atoms with Gasteiger partial charge in [0, 0.05) is 19.6 Å². The quantitative estimate of drug-likeness (QED) is 0.427. The second-order valence-corrected chi connectivity index (χ2v) is 4.10. The van der Waals surface area contributed by atoms with Crippen LogP contribution in [0.25, 0.3) is 0 Å². The third kappa shape index (κ3) is 4.76. The summed E-state index contributed by atoms with van der Waals surface area (Å²) in [5, 5.41) is 21.3. The third-order valence-electron chi connectivity index (χ3n) is 2.31. The number of benzene rings is 1. The van der Waals surface area contributed by atoms with Gasteiger partial charge in [-0.25, -0.2) is 0 Å². The van der Waals surface area contributed by atoms with Gasteiger partial charge in [0.15, 0.2) is 0 Å². The molecule has 0 saturated carbocycles. The molecule has 4 nitrogen and oxygen atoms in total. The summed E-state index contributed by atoms with van der Waals surface area (Å²) in [5.41, 5.74) is 1.59. The lowest BCUT2D eigenvalue weighted by Gasteiger charge is -2.10. The van der Waals surface area contributed by atoms with Crippen LogP contribution in [0.2, 0.25) is 0 Å². The zero-order chi connectivity index (χ0) is 12.0. The molecule has 16 heavy (non-hydrogen) atoms. The average molecular weight is 222 g/mol. The fourth-order valence-electron chi connectivity index (χ4n) is 1.40. The summed E-state index contributed by atoms with van der Waals surface area (Å²) < 4.78 is 0. The summed E-state index contributed by atoms with van der Waals surface area (Å²) in [6, 6.07) is 7.30. The zero-order valence-electron chi connectivity index (χ0n) is 9.85. The SMILES string of the molecule is CN(C)CCNCc1cccc(B(O)O)c1. The monoisotopic (exact) mass is 222 g/mol. The molecule has 0 aliphatic carbocycles. The molecule has 1 rings (SSSR count). The zero-order valence-corrected chi connectivity index (χ0v) is 9.85. The van der Waals surface area contributed by atoms with Crippen LogP contribution >= 0.6 is 0 Å². The molecule has 0 fully saturated rings. The van der Waals surface area contributed by atoms with Crippen molar-refractivity contribution in [2.75, 3.05) is 27.2 Å². The normalized spacial score (nSPS) is 10.8. The highest BCUT2D eigenvalue weighted by Crippen LogP contribution is 1.96. The van der Waals surface area contributed by atoms with Crippen molar-refractivity contribution in [2.24, 2.45) is 0 Å². The lowest BCUT2D eigenvalue weighted by molar-refractivity contribution is 0.400. The van der Waals surface area contributed by atoms with Gasteiger partial charge in [-0.15, -0.1) is 0 Å². The summed E-state index contributed by atoms with van der Waals surface area (Å²) in [7, 11) is 2.68. The van der Waals surface area contributed by atoms with Crippen LogP contribution in [-0.4, -0.2) is 49.3 Å². The molecule has 5 heteroatoms. The number of rotatable bonds is 6. The highest BCUT2D eigenvalue weighted by molar-refractivity contribution is 6.58. The summed E-state index contributed by atoms with van der Waals surface area (Å²) in [6.07, 6.45) is 0. The number of hydrogen-bond donors (Lipinski definition) is 3. The fourth-order valence-corrected chi connectivity index (χ4v) is 1.40. The van der Waals surface area contributed by atoms with E-state index in [-0.39, 0.29) is 0 Å². The number of likely N-dealkylation sites (N-methyl/N-ethyl adjacent to an activating group) is 1. The lowest BCUT2D eigenvalue weighted by atomic mass is 9.80. The molecular formula is C11H19BN2O2. The first-order valence-corrected chi connectivity index (χ1v) is 5.40. The smallest absolute Gasteiger partial charge is 0.423 e. The van der Waals surface area contributed by atoms with Crippen molar-refractivity contribution < 1.29 is 10.0 Å². The Kier molecular flexibility index (Phi) is 5.48. The Hall–Kier alpha value is -0.875. The minimum absolute atomic E-state index is 0.534. The standard InChI is InChI=1S/C11H19BN2O2/c1-14(2)7-6-13-9-10-4-3-5-11(8-10)12(15)16/h3-5,8,13,15-16H,6-7,9H2,1-2H3. The highest BCUT2D eigenvalue weighted by atomic mass is 16.4. The molecule has 0 amide bonds. The Bertz CT molecular complexity index is 319. The van der Waals surface area contributed by atoms with Gasteiger partial charge in [0.25, 0.3) is 0 Å². The van der Waals surface area contributed by atoms with Crippen molar-refractivity contribution in [3.8, 4) is 0 Å². The highest BCUT2D eigenvalue weighted by Gasteiger charge is 2.10. The van der Waals surface area contributed by atoms with Crippen molar-refractivity contribution in [2.45, 2.75) is 6.54 Å². The van der Waals surface area contributed by atoms with E-state index >= 15 is 0 Å². The molecule has 0 aromatic heterocycles. The van der Waals surface area contributed by atoms with Gasteiger partial charge in [-0.3, -0.25) is 0 Å². The van der Waals surface area contributed by atoms with Crippen molar-refractivity contribution in [3.63, 3.8) is 0 Å². The Balaban J connectivity index is 2.39. The average Bonchev–Trinajstić information content (AvgIpc) is 2.24. The van der Waals surface area contributed by atoms with Crippen molar-refractivity contribution in [3.05, 3.63) is 29.8 Å². The molecule has 1 aromatic carbocycles. The summed E-state index contributed by atoms with van der Waals surface area (Å²) in [6.45, 7) is 2.65. The first-order chi connectivity index (χ1) is 7.59. The minimum atomic E-state index is -1.39. The molecule has 0 aliphatic rings. The molecule has 0 saturated heterocycles. The number of nitrogens with one attached hydrogen (secondary N) is 1. The van der Waals surface area contributed by atoms with Gasteiger partial charge in [-0.1, -0.05) is 24.3 Å². The lowest BCUT2D eigenvalue weighted by Crippen LogP contribution is -2.31. The maximum Gasteiger partial charge on any atom is 0.488 e. The Morgan fingerprint density at radius 2 is 2.06 bits per heavy atom. The predicted molar refractivity (Wildman–Crippen MR) is 66.5 cm³/mol. The molecule has 0 heterocycles. The Labute approximate surface area is 97.0 Å². The van der Waals surface area contributed by atoms with Crippen LogP contribution < -0.4 is 10.8 Å². The van der Waals surface area contributed by atoms with Crippen LogP contribution in [-0.2, 0) is 6.54 Å². The molecule has 88 valence electrons. The van der Waals surface area contributed by atoms with E-state index in [1.165, 1.54) is 0 Å². The van der Waals surface area contributed by atoms with E-state index in [1.807, 2.05) is 26.2 Å². The van der Waals surface area contributed by atoms with Crippen molar-refractivity contribution in [1.29, 1.82) is 0 Å². The first-order valence-electron chi connectivity index (χ1n) is 5.40. The molecule has 0 atom stereocenters. The molecule has 0 radical (unpaired) electrons. The molecule has 3 N–H and O–H groups in total. The van der Waals surface area contributed by atoms with E-state index in [4.69, 9.17) is 10.0 Å². The predicted octanol–water partition coefficient (Wildman–Crippen LogP) is -0.982. The van der Waals surface area contributed by atoms with Crippen LogP contribution in [0, 0.1) is 0 Å². The van der Waals surface area contributed by atoms with Gasteiger partial charge >= 0.3 is 7.12 Å². The maximum atomic E-state index is 9.02. The fraction of sp³-hybridized carbons (Fsp3) is 0.455. The van der Waals surface area contributed by atoms with Crippen LogP contribution in [0.3, 0.4) is 0 Å². The number of nitrogens with zero attached hydrogens (tertiary/aromatic N) is 1. The Morgan fingerprint density at radius 3 is 2.69 bits per heavy atom. The summed E-state index contributed by atoms with van der Waals surface area (Å²) >= 11 is 0. The van der Waals surface area contributed by atoms with E-state index < -0.39 is 7.12 Å². The summed E-state index contributed by atoms with van der Waals surface area (Å²) in [5.74, 6) is 0. The van der Waals surface area contributed by atoms with Crippen LogP contribution in [0.1, 0.15) is 5.56 Å². The van der Waals surface area contributed by atoms with Gasteiger partial charge in [-0.2, -0.15) is 0 Å². The van der Waals surface area contributed by atoms with E-state index in [1.54, 1.807) is 12.1 Å². The van der Waals surface area contributed by atoms with Crippen LogP contribution in [0.15, 0.2) is 24.3 Å². The van der Waals surface area contributed by atoms with Gasteiger partial charge < -0.3 is 20.3 Å². The molecule has 1 aromatic rings. The van der Waals surface area contributed by atoms with Crippen LogP contribution in [0.5, 0.6) is 0 Å². The van der Waals surface area contributed by atoms with Gasteiger partial charge in [0.2, 0.25) is 0 Å². The molecule has 0 bridgehead atoms. The van der Waals surface area contributed by atoms with E-state index in [0.717, 1.165) is 25.2 Å². The van der Waals surface area contributed by atoms with Gasteiger partial charge in [0.05, 0.1) is 0 Å². The molecule has 0 unspecified atom stereocenters. The second kappa shape index (κ2) is 6.65. The molecule has 0 spiro atoms. The van der Waals surface area contributed by atoms with E-state index in [9.17, 15) is 0 Å². The third-order valence-corrected chi connectivity index (χ3v) is 2.31. The largest absolute Gasteiger partial charge is 0.488 e. The topological polar surface area (TPSA) is 55.7 Å². The van der Waals surface area contributed by atoms with Crippen molar-refractivity contribution in [1.82, 2.24) is 10.2 Å². The van der Waals surface area contributed by atoms with Crippen LogP contribution in [0.4, 0.5) is 0 Å². The van der Waals surface area contributed by atoms with Gasteiger partial charge in [-0.05, 0) is 25.1 Å². The second-order valence-electron chi connectivity index (χ2n) is 4.10. The van der Waals surface area contributed by atoms with E-state index in [0.29, 0.717) is 5.46 Å². The first kappa shape index (κ1) is 13.2. The maximum absolute atomic E-state index is 9.02. The summed E-state index contributed by atoms with van der Waals surface area (Å²) in [4.78, 5) is 2.11. The Morgan fingerprint density at radius 1 is 1.31 bits per heavy atom. The molecule has 0 aliphatic heterocycles. The van der Waals surface area contributed by atoms with Crippen molar-refractivity contribution >= 4 is 12.6 Å². The van der Waals surface area contributed by atoms with Gasteiger partial charge in [0.1, 0.15) is 0 Å². The number of hydrogen-bond acceptors (Lipinski definition) is 4. The minimum Gasteiger partial charge on any atom is -0.423 e.